The molecule has 0 aromatic heterocycles. The second-order valence-electron chi connectivity index (χ2n) is 8.47. The Bertz CT molecular complexity index is 1050. The van der Waals surface area contributed by atoms with Crippen LogP contribution in [0.1, 0.15) is 29.5 Å². The zero-order valence-electron chi connectivity index (χ0n) is 19.6. The van der Waals surface area contributed by atoms with Crippen molar-refractivity contribution in [1.29, 1.82) is 0 Å². The molecule has 0 radical (unpaired) electrons. The van der Waals surface area contributed by atoms with E-state index in [9.17, 15) is 9.90 Å². The largest absolute Gasteiger partial charge is 0.496 e. The van der Waals surface area contributed by atoms with Crippen LogP contribution in [0, 0.1) is 5.92 Å². The number of ether oxygens (including phenoxy) is 3. The molecule has 6 heteroatoms. The number of carbonyl (C=O) groups is 1. The van der Waals surface area contributed by atoms with Gasteiger partial charge in [0.25, 0.3) is 0 Å². The van der Waals surface area contributed by atoms with E-state index in [2.05, 4.69) is 0 Å². The molecule has 1 N–H and O–H groups in total. The van der Waals surface area contributed by atoms with E-state index in [-0.39, 0.29) is 18.6 Å². The van der Waals surface area contributed by atoms with Crippen molar-refractivity contribution in [3.05, 3.63) is 95.6 Å². The summed E-state index contributed by atoms with van der Waals surface area (Å²) in [6.07, 6.45) is 0.875. The number of methoxy groups -OCH3 is 2. The number of rotatable bonds is 7. The Morgan fingerprint density at radius 2 is 1.35 bits per heavy atom. The van der Waals surface area contributed by atoms with Crippen LogP contribution in [0.4, 0.5) is 4.79 Å². The van der Waals surface area contributed by atoms with Crippen molar-refractivity contribution in [3.63, 3.8) is 0 Å². The summed E-state index contributed by atoms with van der Waals surface area (Å²) in [7, 11) is 3.21. The number of para-hydroxylation sites is 2. The zero-order chi connectivity index (χ0) is 24.0. The molecule has 4 rings (SSSR count). The molecule has 1 aliphatic rings. The van der Waals surface area contributed by atoms with E-state index in [1.165, 1.54) is 0 Å². The first-order valence-electron chi connectivity index (χ1n) is 11.5. The fraction of sp³-hybridized carbons (Fsp3) is 0.321. The minimum atomic E-state index is -1.35. The first-order valence-corrected chi connectivity index (χ1v) is 11.5. The molecule has 0 atom stereocenters. The quantitative estimate of drug-likeness (QED) is 0.537. The van der Waals surface area contributed by atoms with E-state index in [0.717, 1.165) is 5.56 Å². The molecular weight excluding hydrogens is 430 g/mol. The van der Waals surface area contributed by atoms with E-state index in [4.69, 9.17) is 14.2 Å². The molecule has 0 bridgehead atoms. The fourth-order valence-corrected chi connectivity index (χ4v) is 4.79. The van der Waals surface area contributed by atoms with Crippen LogP contribution < -0.4 is 9.47 Å². The number of nitrogens with zero attached hydrogens (tertiary/aromatic N) is 1. The lowest BCUT2D eigenvalue weighted by Gasteiger charge is -2.42. The summed E-state index contributed by atoms with van der Waals surface area (Å²) in [6.45, 7) is 1.22. The average Bonchev–Trinajstić information content (AvgIpc) is 2.91. The van der Waals surface area contributed by atoms with Gasteiger partial charge >= 0.3 is 6.09 Å². The van der Waals surface area contributed by atoms with Crippen molar-refractivity contribution < 1.29 is 24.1 Å². The van der Waals surface area contributed by atoms with Gasteiger partial charge in [0.1, 0.15) is 23.7 Å². The lowest BCUT2D eigenvalue weighted by molar-refractivity contribution is -0.0178. The summed E-state index contributed by atoms with van der Waals surface area (Å²) < 4.78 is 16.8. The number of hydrogen-bond acceptors (Lipinski definition) is 5. The predicted molar refractivity (Wildman–Crippen MR) is 130 cm³/mol. The molecule has 3 aromatic rings. The number of hydrogen-bond donors (Lipinski definition) is 1. The Morgan fingerprint density at radius 1 is 0.853 bits per heavy atom. The molecular formula is C28H31NO5. The van der Waals surface area contributed by atoms with Crippen LogP contribution in [-0.2, 0) is 16.9 Å². The fourth-order valence-electron chi connectivity index (χ4n) is 4.79. The van der Waals surface area contributed by atoms with E-state index in [1.54, 1.807) is 19.1 Å². The molecule has 0 saturated carbocycles. The summed E-state index contributed by atoms with van der Waals surface area (Å²) in [5.41, 5.74) is 0.978. The number of piperidine rings is 1. The second-order valence-corrected chi connectivity index (χ2v) is 8.47. The highest BCUT2D eigenvalue weighted by atomic mass is 16.6. The molecule has 34 heavy (non-hydrogen) atoms. The Kier molecular flexibility index (Phi) is 7.38. The van der Waals surface area contributed by atoms with Crippen LogP contribution in [-0.4, -0.2) is 43.4 Å². The summed E-state index contributed by atoms with van der Waals surface area (Å²) in [5, 5.41) is 12.4. The Labute approximate surface area is 200 Å². The van der Waals surface area contributed by atoms with E-state index < -0.39 is 5.60 Å². The van der Waals surface area contributed by atoms with Crippen molar-refractivity contribution in [2.24, 2.45) is 5.92 Å². The molecule has 0 aliphatic carbocycles. The second kappa shape index (κ2) is 10.6. The molecule has 0 spiro atoms. The molecule has 0 unspecified atom stereocenters. The zero-order valence-corrected chi connectivity index (χ0v) is 19.6. The first kappa shape index (κ1) is 23.6. The van der Waals surface area contributed by atoms with E-state index in [0.29, 0.717) is 48.6 Å². The van der Waals surface area contributed by atoms with Gasteiger partial charge in [-0.05, 0) is 36.5 Å². The number of aliphatic hydroxyl groups is 1. The van der Waals surface area contributed by atoms with E-state index in [1.807, 2.05) is 78.9 Å². The van der Waals surface area contributed by atoms with Gasteiger partial charge in [-0.2, -0.15) is 0 Å². The molecule has 1 heterocycles. The standard InChI is InChI=1S/C28H31NO5/c1-32-25-14-8-6-12-23(25)28(31,24-13-7-9-15-26(24)33-2)22-16-18-29(19-17-22)27(30)34-20-21-10-4-3-5-11-21/h3-15,22,31H,16-20H2,1-2H3. The first-order chi connectivity index (χ1) is 16.6. The molecule has 1 amide bonds. The SMILES string of the molecule is COc1ccccc1C(O)(c1ccccc1OC)C1CCN(C(=O)OCc2ccccc2)CC1. The van der Waals surface area contributed by atoms with Gasteiger partial charge < -0.3 is 24.2 Å². The van der Waals surface area contributed by atoms with Crippen LogP contribution in [0.25, 0.3) is 0 Å². The van der Waals surface area contributed by atoms with Gasteiger partial charge in [-0.1, -0.05) is 66.7 Å². The molecule has 1 fully saturated rings. The number of likely N-dealkylation sites (tertiary alicyclic amines) is 1. The molecule has 1 saturated heterocycles. The minimum absolute atomic E-state index is 0.154. The van der Waals surface area contributed by atoms with Crippen LogP contribution in [0.3, 0.4) is 0 Å². The number of carbonyl (C=O) groups excluding carboxylic acids is 1. The number of amides is 1. The smallest absolute Gasteiger partial charge is 0.410 e. The highest BCUT2D eigenvalue weighted by molar-refractivity contribution is 5.67. The molecule has 1 aliphatic heterocycles. The molecule has 178 valence electrons. The van der Waals surface area contributed by atoms with Gasteiger partial charge in [0.2, 0.25) is 0 Å². The third-order valence-corrected chi connectivity index (χ3v) is 6.58. The topological polar surface area (TPSA) is 68.2 Å². The summed E-state index contributed by atoms with van der Waals surface area (Å²) in [4.78, 5) is 14.4. The van der Waals surface area contributed by atoms with Crippen molar-refractivity contribution in [2.45, 2.75) is 25.0 Å². The van der Waals surface area contributed by atoms with Gasteiger partial charge in [-0.3, -0.25) is 0 Å². The predicted octanol–water partition coefficient (Wildman–Crippen LogP) is 4.99. The third kappa shape index (κ3) is 4.73. The van der Waals surface area contributed by atoms with E-state index >= 15 is 0 Å². The van der Waals surface area contributed by atoms with Gasteiger partial charge in [0, 0.05) is 24.2 Å². The van der Waals surface area contributed by atoms with Crippen molar-refractivity contribution in [2.75, 3.05) is 27.3 Å². The molecule has 3 aromatic carbocycles. The van der Waals surface area contributed by atoms with Crippen molar-refractivity contribution >= 4 is 6.09 Å². The van der Waals surface area contributed by atoms with Crippen LogP contribution in [0.5, 0.6) is 11.5 Å². The van der Waals surface area contributed by atoms with Crippen molar-refractivity contribution in [3.8, 4) is 11.5 Å². The summed E-state index contributed by atoms with van der Waals surface area (Å²) >= 11 is 0. The van der Waals surface area contributed by atoms with Gasteiger partial charge in [0.05, 0.1) is 14.2 Å². The van der Waals surface area contributed by atoms with Crippen LogP contribution in [0.15, 0.2) is 78.9 Å². The Balaban J connectivity index is 1.56. The maximum Gasteiger partial charge on any atom is 0.410 e. The normalized spacial score (nSPS) is 14.5. The maximum atomic E-state index is 12.7. The monoisotopic (exact) mass is 461 g/mol. The maximum absolute atomic E-state index is 12.7. The van der Waals surface area contributed by atoms with Crippen LogP contribution >= 0.6 is 0 Å². The highest BCUT2D eigenvalue weighted by Crippen LogP contribution is 2.48. The van der Waals surface area contributed by atoms with Crippen molar-refractivity contribution in [1.82, 2.24) is 4.90 Å². The third-order valence-electron chi connectivity index (χ3n) is 6.58. The lowest BCUT2D eigenvalue weighted by Crippen LogP contribution is -2.46. The van der Waals surface area contributed by atoms with Gasteiger partial charge in [0.15, 0.2) is 0 Å². The average molecular weight is 462 g/mol. The Morgan fingerprint density at radius 3 is 1.88 bits per heavy atom. The van der Waals surface area contributed by atoms with Gasteiger partial charge in [-0.15, -0.1) is 0 Å². The lowest BCUT2D eigenvalue weighted by atomic mass is 9.71. The van der Waals surface area contributed by atoms with Crippen LogP contribution in [0.2, 0.25) is 0 Å². The molecule has 6 nitrogen and oxygen atoms in total. The summed E-state index contributed by atoms with van der Waals surface area (Å²) in [6, 6.07) is 24.7. The van der Waals surface area contributed by atoms with Gasteiger partial charge in [-0.25, -0.2) is 4.79 Å². The highest BCUT2D eigenvalue weighted by Gasteiger charge is 2.45. The number of benzene rings is 3. The minimum Gasteiger partial charge on any atom is -0.496 e. The summed E-state index contributed by atoms with van der Waals surface area (Å²) in [5.74, 6) is 1.07. The Hall–Kier alpha value is -3.51.